The average Bonchev–Trinajstić information content (AvgIpc) is 3.12. The van der Waals surface area contributed by atoms with Crippen LogP contribution >= 0.6 is 11.6 Å². The number of anilines is 1. The zero-order chi connectivity index (χ0) is 20.9. The second kappa shape index (κ2) is 9.14. The molecule has 3 aromatic carbocycles. The van der Waals surface area contributed by atoms with Gasteiger partial charge in [-0.25, -0.2) is 0 Å². The van der Waals surface area contributed by atoms with Crippen LogP contribution in [-0.4, -0.2) is 23.3 Å². The van der Waals surface area contributed by atoms with Gasteiger partial charge in [0.2, 0.25) is 11.8 Å². The quantitative estimate of drug-likeness (QED) is 0.617. The highest BCUT2D eigenvalue weighted by Gasteiger charge is 2.34. The monoisotopic (exact) mass is 418 g/mol. The molecule has 1 atom stereocenters. The van der Waals surface area contributed by atoms with Crippen molar-refractivity contribution in [3.63, 3.8) is 0 Å². The van der Waals surface area contributed by atoms with Crippen LogP contribution in [0.4, 0.5) is 5.69 Å². The summed E-state index contributed by atoms with van der Waals surface area (Å²) in [5.41, 5.74) is 3.92. The highest BCUT2D eigenvalue weighted by molar-refractivity contribution is 6.31. The summed E-state index contributed by atoms with van der Waals surface area (Å²) in [7, 11) is 0. The van der Waals surface area contributed by atoms with Crippen molar-refractivity contribution in [2.75, 3.05) is 11.9 Å². The summed E-state index contributed by atoms with van der Waals surface area (Å²) in [5.74, 6) is -0.511. The number of rotatable bonds is 6. The van der Waals surface area contributed by atoms with Crippen LogP contribution in [0.25, 0.3) is 0 Å². The van der Waals surface area contributed by atoms with Crippen molar-refractivity contribution in [2.45, 2.75) is 19.4 Å². The number of benzene rings is 3. The minimum absolute atomic E-state index is 0.0207. The fraction of sp³-hybridized carbons (Fsp3) is 0.200. The molecule has 0 aliphatic carbocycles. The van der Waals surface area contributed by atoms with Crippen molar-refractivity contribution in [2.24, 2.45) is 5.92 Å². The van der Waals surface area contributed by atoms with E-state index in [4.69, 9.17) is 11.6 Å². The van der Waals surface area contributed by atoms with Crippen molar-refractivity contribution in [3.05, 3.63) is 101 Å². The van der Waals surface area contributed by atoms with E-state index in [9.17, 15) is 9.59 Å². The van der Waals surface area contributed by atoms with E-state index < -0.39 is 0 Å². The molecular weight excluding hydrogens is 396 g/mol. The van der Waals surface area contributed by atoms with Gasteiger partial charge < -0.3 is 10.2 Å². The van der Waals surface area contributed by atoms with Crippen LogP contribution in [0.1, 0.15) is 23.1 Å². The first-order valence-corrected chi connectivity index (χ1v) is 10.4. The summed E-state index contributed by atoms with van der Waals surface area (Å²) in [5, 5.41) is 3.68. The molecule has 4 nitrogen and oxygen atoms in total. The molecule has 0 spiro atoms. The number of carbonyl (C=O) groups excluding carboxylic acids is 2. The fourth-order valence-electron chi connectivity index (χ4n) is 3.78. The minimum atomic E-state index is -0.371. The van der Waals surface area contributed by atoms with Gasteiger partial charge in [-0.15, -0.1) is 0 Å². The predicted molar refractivity (Wildman–Crippen MR) is 119 cm³/mol. The van der Waals surface area contributed by atoms with Crippen LogP contribution in [0.2, 0.25) is 5.02 Å². The number of hydrogen-bond donors (Lipinski definition) is 1. The second-order valence-electron chi connectivity index (χ2n) is 7.58. The highest BCUT2D eigenvalue weighted by atomic mass is 35.5. The number of carbonyl (C=O) groups is 2. The minimum Gasteiger partial charge on any atom is -0.337 e. The molecule has 0 bridgehead atoms. The summed E-state index contributed by atoms with van der Waals surface area (Å²) in [6, 6.07) is 25.4. The molecule has 4 rings (SSSR count). The van der Waals surface area contributed by atoms with E-state index in [1.165, 1.54) is 5.56 Å². The Bertz CT molecular complexity index is 1050. The molecule has 30 heavy (non-hydrogen) atoms. The van der Waals surface area contributed by atoms with E-state index in [-0.39, 0.29) is 24.2 Å². The Labute approximate surface area is 181 Å². The molecule has 3 aromatic rings. The average molecular weight is 419 g/mol. The second-order valence-corrected chi connectivity index (χ2v) is 7.98. The molecule has 1 aliphatic heterocycles. The maximum Gasteiger partial charge on any atom is 0.229 e. The van der Waals surface area contributed by atoms with E-state index in [0.29, 0.717) is 18.1 Å². The number of amides is 2. The van der Waals surface area contributed by atoms with Crippen LogP contribution in [0, 0.1) is 5.92 Å². The lowest BCUT2D eigenvalue weighted by molar-refractivity contribution is -0.128. The van der Waals surface area contributed by atoms with Gasteiger partial charge in [0.15, 0.2) is 0 Å². The van der Waals surface area contributed by atoms with Crippen molar-refractivity contribution >= 4 is 29.1 Å². The first-order chi connectivity index (χ1) is 14.6. The highest BCUT2D eigenvalue weighted by Crippen LogP contribution is 2.26. The lowest BCUT2D eigenvalue weighted by Crippen LogP contribution is -2.28. The Morgan fingerprint density at radius 3 is 2.37 bits per heavy atom. The first-order valence-electron chi connectivity index (χ1n) is 10.0. The first kappa shape index (κ1) is 20.2. The summed E-state index contributed by atoms with van der Waals surface area (Å²) in [6.07, 6.45) is 0.955. The molecule has 0 saturated carbocycles. The topological polar surface area (TPSA) is 49.4 Å². The van der Waals surface area contributed by atoms with Crippen LogP contribution in [0.3, 0.4) is 0 Å². The zero-order valence-corrected chi connectivity index (χ0v) is 17.3. The third-order valence-corrected chi connectivity index (χ3v) is 5.79. The summed E-state index contributed by atoms with van der Waals surface area (Å²) >= 11 is 6.22. The lowest BCUT2D eigenvalue weighted by Gasteiger charge is -2.18. The number of nitrogens with one attached hydrogen (secondary N) is 1. The van der Waals surface area contributed by atoms with Crippen molar-refractivity contribution < 1.29 is 9.59 Å². The van der Waals surface area contributed by atoms with Crippen LogP contribution in [0.15, 0.2) is 78.9 Å². The fourth-order valence-corrected chi connectivity index (χ4v) is 3.98. The molecule has 1 fully saturated rings. The van der Waals surface area contributed by atoms with Gasteiger partial charge in [-0.05, 0) is 35.2 Å². The van der Waals surface area contributed by atoms with Crippen molar-refractivity contribution in [1.29, 1.82) is 0 Å². The number of halogens is 1. The Hall–Kier alpha value is -3.11. The van der Waals surface area contributed by atoms with Gasteiger partial charge in [-0.1, -0.05) is 78.3 Å². The smallest absolute Gasteiger partial charge is 0.229 e. The largest absolute Gasteiger partial charge is 0.337 e. The molecule has 2 amide bonds. The van der Waals surface area contributed by atoms with E-state index in [0.717, 1.165) is 23.2 Å². The third kappa shape index (κ3) is 4.71. The van der Waals surface area contributed by atoms with Gasteiger partial charge >= 0.3 is 0 Å². The number of para-hydroxylation sites is 1. The van der Waals surface area contributed by atoms with Gasteiger partial charge in [0.1, 0.15) is 0 Å². The molecule has 1 aliphatic rings. The normalized spacial score (nSPS) is 16.0. The van der Waals surface area contributed by atoms with Gasteiger partial charge in [-0.3, -0.25) is 9.59 Å². The summed E-state index contributed by atoms with van der Waals surface area (Å²) < 4.78 is 0. The van der Waals surface area contributed by atoms with Gasteiger partial charge in [-0.2, -0.15) is 0 Å². The van der Waals surface area contributed by atoms with Gasteiger partial charge in [0, 0.05) is 30.2 Å². The van der Waals surface area contributed by atoms with E-state index >= 15 is 0 Å². The molecule has 0 aromatic heterocycles. The van der Waals surface area contributed by atoms with Crippen LogP contribution in [-0.2, 0) is 22.6 Å². The van der Waals surface area contributed by atoms with E-state index in [1.807, 2.05) is 66.7 Å². The van der Waals surface area contributed by atoms with Crippen molar-refractivity contribution in [3.8, 4) is 0 Å². The standard InChI is InChI=1S/C25H23ClN2O2/c26-22-12-6-4-11-20(22)16-28-17-21(15-24(28)29)25(30)27-23-13-7-5-10-19(23)14-18-8-2-1-3-9-18/h1-13,21H,14-17H2,(H,27,30)/t21-/m0/s1. The molecule has 0 radical (unpaired) electrons. The number of hydrogen-bond acceptors (Lipinski definition) is 2. The molecule has 152 valence electrons. The number of likely N-dealkylation sites (tertiary alicyclic amines) is 1. The van der Waals surface area contributed by atoms with Crippen molar-refractivity contribution in [1.82, 2.24) is 4.90 Å². The number of nitrogens with zero attached hydrogens (tertiary/aromatic N) is 1. The van der Waals surface area contributed by atoms with Gasteiger partial charge in [0.05, 0.1) is 5.92 Å². The SMILES string of the molecule is O=C(Nc1ccccc1Cc1ccccc1)[C@H]1CC(=O)N(Cc2ccccc2Cl)C1. The predicted octanol–water partition coefficient (Wildman–Crippen LogP) is 4.92. The van der Waals surface area contributed by atoms with Gasteiger partial charge in [0.25, 0.3) is 0 Å². The van der Waals surface area contributed by atoms with E-state index in [1.54, 1.807) is 4.90 Å². The Morgan fingerprint density at radius 2 is 1.60 bits per heavy atom. The zero-order valence-electron chi connectivity index (χ0n) is 16.6. The Balaban J connectivity index is 1.42. The maximum atomic E-state index is 12.9. The third-order valence-electron chi connectivity index (χ3n) is 5.42. The lowest BCUT2D eigenvalue weighted by atomic mass is 10.0. The van der Waals surface area contributed by atoms with Crippen LogP contribution in [0.5, 0.6) is 0 Å². The summed E-state index contributed by atoms with van der Waals surface area (Å²) in [4.78, 5) is 27.1. The summed E-state index contributed by atoms with van der Waals surface area (Å²) in [6.45, 7) is 0.823. The van der Waals surface area contributed by atoms with Crippen LogP contribution < -0.4 is 5.32 Å². The molecular formula is C25H23ClN2O2. The Kier molecular flexibility index (Phi) is 6.15. The maximum absolute atomic E-state index is 12.9. The molecule has 1 saturated heterocycles. The Morgan fingerprint density at radius 1 is 0.933 bits per heavy atom. The molecule has 5 heteroatoms. The molecule has 1 heterocycles. The molecule has 0 unspecified atom stereocenters. The molecule has 1 N–H and O–H groups in total. The van der Waals surface area contributed by atoms with E-state index in [2.05, 4.69) is 17.4 Å².